The molecule has 0 aliphatic carbocycles. The van der Waals surface area contributed by atoms with Gasteiger partial charge in [-0.25, -0.2) is 4.39 Å². The van der Waals surface area contributed by atoms with Gasteiger partial charge in [0.15, 0.2) is 0 Å². The van der Waals surface area contributed by atoms with Crippen LogP contribution in [0, 0.1) is 5.82 Å². The fourth-order valence-corrected chi connectivity index (χ4v) is 1.87. The van der Waals surface area contributed by atoms with Crippen LogP contribution in [0.3, 0.4) is 0 Å². The van der Waals surface area contributed by atoms with E-state index in [0.717, 1.165) is 5.69 Å². The Morgan fingerprint density at radius 3 is 2.79 bits per heavy atom. The molecule has 0 atom stereocenters. The number of benzene rings is 1. The molecule has 1 aromatic heterocycles. The molecule has 0 bridgehead atoms. The van der Waals surface area contributed by atoms with Crippen molar-refractivity contribution < 1.29 is 9.13 Å². The first-order chi connectivity index (χ1) is 9.18. The van der Waals surface area contributed by atoms with Gasteiger partial charge in [-0.2, -0.15) is 0 Å². The Bertz CT molecular complexity index is 575. The summed E-state index contributed by atoms with van der Waals surface area (Å²) in [6.07, 6.45) is 2.35. The van der Waals surface area contributed by atoms with Crippen molar-refractivity contribution in [2.75, 3.05) is 6.61 Å². The summed E-state index contributed by atoms with van der Waals surface area (Å²) in [5.74, 6) is -0.105. The van der Waals surface area contributed by atoms with Crippen LogP contribution in [0.2, 0.25) is 0 Å². The maximum atomic E-state index is 13.6. The van der Waals surface area contributed by atoms with Crippen LogP contribution in [-0.4, -0.2) is 16.6 Å². The predicted octanol–water partition coefficient (Wildman–Crippen LogP) is 2.48. The Kier molecular flexibility index (Phi) is 4.41. The van der Waals surface area contributed by atoms with E-state index in [1.807, 2.05) is 18.2 Å². The van der Waals surface area contributed by atoms with E-state index in [1.165, 1.54) is 6.07 Å². The fourth-order valence-electron chi connectivity index (χ4n) is 1.68. The van der Waals surface area contributed by atoms with Gasteiger partial charge in [-0.05, 0) is 24.3 Å². The predicted molar refractivity (Wildman–Crippen MR) is 75.7 cm³/mol. The van der Waals surface area contributed by atoms with Crippen LogP contribution < -0.4 is 10.5 Å². The molecule has 0 saturated heterocycles. The number of aromatic nitrogens is 1. The molecule has 1 aromatic carbocycles. The zero-order valence-electron chi connectivity index (χ0n) is 10.2. The summed E-state index contributed by atoms with van der Waals surface area (Å²) >= 11 is 4.83. The molecule has 0 aliphatic rings. The van der Waals surface area contributed by atoms with Crippen LogP contribution in [0.15, 0.2) is 42.6 Å². The number of ether oxygens (including phenoxy) is 1. The smallest absolute Gasteiger partial charge is 0.137 e. The van der Waals surface area contributed by atoms with E-state index >= 15 is 0 Å². The lowest BCUT2D eigenvalue weighted by Crippen LogP contribution is -2.15. The molecule has 0 fully saturated rings. The third-order valence-electron chi connectivity index (χ3n) is 2.56. The molecule has 1 heterocycles. The standard InChI is InChI=1S/C14H13FN2OS/c15-11-5-3-6-12(13(11)14(16)19)18-9-7-10-4-1-2-8-17-10/h1-6,8H,7,9H2,(H2,16,19). The van der Waals surface area contributed by atoms with Gasteiger partial charge in [0.25, 0.3) is 0 Å². The van der Waals surface area contributed by atoms with Crippen LogP contribution in [0.4, 0.5) is 4.39 Å². The summed E-state index contributed by atoms with van der Waals surface area (Å²) in [4.78, 5) is 4.17. The van der Waals surface area contributed by atoms with Gasteiger partial charge in [-0.1, -0.05) is 24.4 Å². The van der Waals surface area contributed by atoms with E-state index in [9.17, 15) is 4.39 Å². The molecule has 0 spiro atoms. The Morgan fingerprint density at radius 2 is 2.11 bits per heavy atom. The number of pyridine rings is 1. The number of hydrogen-bond acceptors (Lipinski definition) is 3. The zero-order valence-corrected chi connectivity index (χ0v) is 11.0. The average Bonchev–Trinajstić information content (AvgIpc) is 2.39. The van der Waals surface area contributed by atoms with Crippen LogP contribution in [-0.2, 0) is 6.42 Å². The number of halogens is 1. The van der Waals surface area contributed by atoms with Crippen molar-refractivity contribution in [2.24, 2.45) is 5.73 Å². The second-order valence-corrected chi connectivity index (χ2v) is 4.34. The van der Waals surface area contributed by atoms with Crippen molar-refractivity contribution >= 4 is 17.2 Å². The molecule has 3 nitrogen and oxygen atoms in total. The van der Waals surface area contributed by atoms with Gasteiger partial charge in [0, 0.05) is 18.3 Å². The first-order valence-corrected chi connectivity index (χ1v) is 6.20. The minimum Gasteiger partial charge on any atom is -0.492 e. The monoisotopic (exact) mass is 276 g/mol. The molecule has 0 amide bonds. The normalized spacial score (nSPS) is 10.2. The van der Waals surface area contributed by atoms with Crippen molar-refractivity contribution in [3.63, 3.8) is 0 Å². The van der Waals surface area contributed by atoms with Crippen LogP contribution >= 0.6 is 12.2 Å². The Labute approximate surface area is 116 Å². The van der Waals surface area contributed by atoms with Crippen LogP contribution in [0.5, 0.6) is 5.75 Å². The summed E-state index contributed by atoms with van der Waals surface area (Å²) in [6.45, 7) is 0.385. The number of nitrogens with zero attached hydrogens (tertiary/aromatic N) is 1. The molecule has 5 heteroatoms. The van der Waals surface area contributed by atoms with E-state index in [2.05, 4.69) is 4.98 Å². The molecular weight excluding hydrogens is 263 g/mol. The third-order valence-corrected chi connectivity index (χ3v) is 2.77. The minimum absolute atomic E-state index is 0.00839. The average molecular weight is 276 g/mol. The number of rotatable bonds is 5. The van der Waals surface area contributed by atoms with Crippen molar-refractivity contribution in [1.29, 1.82) is 0 Å². The highest BCUT2D eigenvalue weighted by Crippen LogP contribution is 2.21. The second-order valence-electron chi connectivity index (χ2n) is 3.90. The Morgan fingerprint density at radius 1 is 1.26 bits per heavy atom. The molecule has 2 aromatic rings. The molecule has 0 radical (unpaired) electrons. The van der Waals surface area contributed by atoms with Gasteiger partial charge in [0.05, 0.1) is 12.2 Å². The van der Waals surface area contributed by atoms with Gasteiger partial charge in [0.1, 0.15) is 16.6 Å². The van der Waals surface area contributed by atoms with Gasteiger partial charge < -0.3 is 10.5 Å². The summed E-state index contributed by atoms with van der Waals surface area (Å²) < 4.78 is 19.1. The summed E-state index contributed by atoms with van der Waals surface area (Å²) in [5, 5.41) is 0. The van der Waals surface area contributed by atoms with Crippen LogP contribution in [0.25, 0.3) is 0 Å². The first kappa shape index (κ1) is 13.4. The largest absolute Gasteiger partial charge is 0.492 e. The summed E-state index contributed by atoms with van der Waals surface area (Å²) in [6, 6.07) is 10.2. The lowest BCUT2D eigenvalue weighted by Gasteiger charge is -2.11. The highest BCUT2D eigenvalue weighted by atomic mass is 32.1. The minimum atomic E-state index is -0.470. The molecule has 2 N–H and O–H groups in total. The van der Waals surface area contributed by atoms with Crippen molar-refractivity contribution in [3.8, 4) is 5.75 Å². The van der Waals surface area contributed by atoms with Crippen molar-refractivity contribution in [1.82, 2.24) is 4.98 Å². The fraction of sp³-hybridized carbons (Fsp3) is 0.143. The molecule has 98 valence electrons. The van der Waals surface area contributed by atoms with Gasteiger partial charge >= 0.3 is 0 Å². The highest BCUT2D eigenvalue weighted by Gasteiger charge is 2.12. The lowest BCUT2D eigenvalue weighted by molar-refractivity contribution is 0.318. The van der Waals surface area contributed by atoms with Crippen LogP contribution in [0.1, 0.15) is 11.3 Å². The molecule has 2 rings (SSSR count). The number of hydrogen-bond donors (Lipinski definition) is 1. The van der Waals surface area contributed by atoms with E-state index in [0.29, 0.717) is 18.8 Å². The first-order valence-electron chi connectivity index (χ1n) is 5.79. The number of nitrogens with two attached hydrogens (primary N) is 1. The van der Waals surface area contributed by atoms with E-state index in [-0.39, 0.29) is 10.6 Å². The zero-order chi connectivity index (χ0) is 13.7. The second kappa shape index (κ2) is 6.24. The number of thiocarbonyl (C=S) groups is 1. The Hall–Kier alpha value is -2.01. The topological polar surface area (TPSA) is 48.1 Å². The van der Waals surface area contributed by atoms with Gasteiger partial charge in [0.2, 0.25) is 0 Å². The quantitative estimate of drug-likeness (QED) is 0.852. The maximum Gasteiger partial charge on any atom is 0.137 e. The van der Waals surface area contributed by atoms with E-state index < -0.39 is 5.82 Å². The van der Waals surface area contributed by atoms with E-state index in [1.54, 1.807) is 18.3 Å². The highest BCUT2D eigenvalue weighted by molar-refractivity contribution is 7.80. The Balaban J connectivity index is 2.04. The molecule has 0 unspecified atom stereocenters. The van der Waals surface area contributed by atoms with Crippen molar-refractivity contribution in [3.05, 3.63) is 59.7 Å². The van der Waals surface area contributed by atoms with Gasteiger partial charge in [-0.15, -0.1) is 0 Å². The van der Waals surface area contributed by atoms with E-state index in [4.69, 9.17) is 22.7 Å². The summed E-state index contributed by atoms with van der Waals surface area (Å²) in [7, 11) is 0. The maximum absolute atomic E-state index is 13.6. The summed E-state index contributed by atoms with van der Waals surface area (Å²) in [5.41, 5.74) is 6.56. The molecule has 19 heavy (non-hydrogen) atoms. The third kappa shape index (κ3) is 3.48. The molecule has 0 saturated carbocycles. The molecular formula is C14H13FN2OS. The van der Waals surface area contributed by atoms with Crippen molar-refractivity contribution in [2.45, 2.75) is 6.42 Å². The molecule has 0 aliphatic heterocycles. The van der Waals surface area contributed by atoms with Gasteiger partial charge in [-0.3, -0.25) is 4.98 Å². The lowest BCUT2D eigenvalue weighted by atomic mass is 10.2. The SMILES string of the molecule is NC(=S)c1c(F)cccc1OCCc1ccccn1.